The van der Waals surface area contributed by atoms with Crippen LogP contribution in [0.25, 0.3) is 0 Å². The first-order chi connectivity index (χ1) is 18.8. The van der Waals surface area contributed by atoms with Gasteiger partial charge in [0, 0.05) is 25.7 Å². The van der Waals surface area contributed by atoms with Crippen molar-refractivity contribution >= 4 is 36.7 Å². The third-order valence-corrected chi connectivity index (χ3v) is 11.9. The second-order valence-electron chi connectivity index (χ2n) is 12.6. The standard InChI is InChI=1S/C24H43N7O8SSi/c1-23(2,3)37-21(32)26-12-10-11-13-30-18-16(14-27-30)17-15-29(22(33)31(17)39-40(34,35)36)19(18)20(25-7)28-38-41(8,9)24(4,5)6/h14,17,19H,10-13,15H2,1-9H3,(H,25,28)(H,26,32)(H,34,35,36)/t17-,19-/m0/s1. The first kappa shape index (κ1) is 32.8. The lowest BCUT2D eigenvalue weighted by Crippen LogP contribution is -2.50. The number of unbranched alkanes of at least 4 members (excludes halogenated alkanes) is 1. The Hall–Kier alpha value is -2.73. The van der Waals surface area contributed by atoms with Gasteiger partial charge in [-0.05, 0) is 51.7 Å². The topological polar surface area (TPSA) is 177 Å². The molecule has 1 aromatic rings. The number of rotatable bonds is 10. The van der Waals surface area contributed by atoms with Crippen molar-refractivity contribution in [2.45, 2.75) is 96.7 Å². The molecule has 0 spiro atoms. The first-order valence-corrected chi connectivity index (χ1v) is 17.7. The number of aliphatic imine (C=N–C) groups is 1. The monoisotopic (exact) mass is 617 g/mol. The fraction of sp³-hybridized carbons (Fsp3) is 0.750. The summed E-state index contributed by atoms with van der Waals surface area (Å²) in [4.78, 5) is 31.1. The van der Waals surface area contributed by atoms with E-state index in [-0.39, 0.29) is 11.6 Å². The van der Waals surface area contributed by atoms with Crippen LogP contribution in [0, 0.1) is 0 Å². The van der Waals surface area contributed by atoms with E-state index in [4.69, 9.17) is 9.26 Å². The van der Waals surface area contributed by atoms with E-state index in [0.717, 1.165) is 0 Å². The molecule has 0 unspecified atom stereocenters. The molecule has 232 valence electrons. The second kappa shape index (κ2) is 11.9. The molecule has 2 aliphatic rings. The van der Waals surface area contributed by atoms with E-state index >= 15 is 0 Å². The highest BCUT2D eigenvalue weighted by Gasteiger charge is 2.53. The number of carbonyl (C=O) groups is 2. The van der Waals surface area contributed by atoms with Crippen LogP contribution in [-0.4, -0.2) is 84.7 Å². The van der Waals surface area contributed by atoms with Gasteiger partial charge >= 0.3 is 22.5 Å². The molecule has 0 aromatic carbocycles. The molecule has 3 N–H and O–H groups in total. The fourth-order valence-electron chi connectivity index (χ4n) is 4.24. The largest absolute Gasteiger partial charge is 0.444 e. The van der Waals surface area contributed by atoms with Crippen molar-refractivity contribution in [3.05, 3.63) is 17.5 Å². The Morgan fingerprint density at radius 2 is 1.88 bits per heavy atom. The van der Waals surface area contributed by atoms with Gasteiger partial charge < -0.3 is 19.5 Å². The summed E-state index contributed by atoms with van der Waals surface area (Å²) in [6, 6.07) is -2.37. The maximum atomic E-state index is 13.4. The Labute approximate surface area is 242 Å². The highest BCUT2D eigenvalue weighted by Crippen LogP contribution is 2.45. The number of hydrogen-bond acceptors (Lipinski definition) is 9. The highest BCUT2D eigenvalue weighted by atomic mass is 32.3. The van der Waals surface area contributed by atoms with Gasteiger partial charge in [-0.1, -0.05) is 20.8 Å². The Kier molecular flexibility index (Phi) is 9.49. The van der Waals surface area contributed by atoms with E-state index in [1.807, 2.05) is 0 Å². The van der Waals surface area contributed by atoms with E-state index < -0.39 is 48.5 Å². The average Bonchev–Trinajstić information content (AvgIpc) is 3.34. The molecule has 1 saturated heterocycles. The van der Waals surface area contributed by atoms with Gasteiger partial charge in [-0.15, -0.1) is 4.28 Å². The minimum Gasteiger partial charge on any atom is -0.444 e. The van der Waals surface area contributed by atoms with Crippen LogP contribution in [0.3, 0.4) is 0 Å². The number of carbonyl (C=O) groups excluding carboxylic acids is 2. The zero-order valence-electron chi connectivity index (χ0n) is 25.2. The van der Waals surface area contributed by atoms with E-state index in [1.54, 1.807) is 38.7 Å². The molecule has 15 nitrogen and oxygen atoms in total. The van der Waals surface area contributed by atoms with E-state index in [0.29, 0.717) is 48.1 Å². The number of nitrogens with zero attached hydrogens (tertiary/aromatic N) is 5. The van der Waals surface area contributed by atoms with Crippen molar-refractivity contribution in [2.75, 3.05) is 20.1 Å². The van der Waals surface area contributed by atoms with Gasteiger partial charge in [0.25, 0.3) is 0 Å². The summed E-state index contributed by atoms with van der Waals surface area (Å²) in [5, 5.41) is 7.79. The third-order valence-electron chi connectivity index (χ3n) is 7.28. The zero-order valence-corrected chi connectivity index (χ0v) is 27.0. The molecule has 2 aliphatic heterocycles. The Bertz CT molecular complexity index is 1270. The van der Waals surface area contributed by atoms with Crippen molar-refractivity contribution in [1.82, 2.24) is 30.5 Å². The number of amidine groups is 1. The molecule has 41 heavy (non-hydrogen) atoms. The van der Waals surface area contributed by atoms with Crippen LogP contribution in [0.15, 0.2) is 11.2 Å². The molecule has 3 heterocycles. The van der Waals surface area contributed by atoms with Crippen LogP contribution in [0.2, 0.25) is 18.1 Å². The number of hydrogen-bond donors (Lipinski definition) is 3. The van der Waals surface area contributed by atoms with Gasteiger partial charge in [0.2, 0.25) is 8.32 Å². The van der Waals surface area contributed by atoms with E-state index in [2.05, 4.69) is 59.0 Å². The molecule has 3 amide bonds. The predicted octanol–water partition coefficient (Wildman–Crippen LogP) is 3.31. The van der Waals surface area contributed by atoms with Gasteiger partial charge in [0.1, 0.15) is 23.5 Å². The number of fused-ring (bicyclic) bond motifs is 4. The molecule has 1 aromatic heterocycles. The smallest absolute Gasteiger partial charge is 0.418 e. The number of ether oxygens (including phenoxy) is 1. The second-order valence-corrected chi connectivity index (χ2v) is 18.3. The number of aromatic nitrogens is 2. The molecular formula is C24H43N7O8SSi. The summed E-state index contributed by atoms with van der Waals surface area (Å²) in [6.45, 7) is 16.7. The van der Waals surface area contributed by atoms with Crippen LogP contribution < -0.4 is 10.8 Å². The molecule has 17 heteroatoms. The Balaban J connectivity index is 1.86. The van der Waals surface area contributed by atoms with Crippen LogP contribution in [-0.2, 0) is 30.5 Å². The van der Waals surface area contributed by atoms with Crippen molar-refractivity contribution in [2.24, 2.45) is 4.99 Å². The summed E-state index contributed by atoms with van der Waals surface area (Å²) >= 11 is 0. The number of aryl methyl sites for hydroxylation is 1. The summed E-state index contributed by atoms with van der Waals surface area (Å²) in [6.07, 6.45) is 2.33. The SMILES string of the molecule is CN=C(NO[Si](C)(C)C(C)(C)C)[C@@H]1c2c(cnn2CCCCNC(=O)OC(C)(C)C)[C@@H]2CN1C(=O)N2OS(=O)(=O)O. The van der Waals surface area contributed by atoms with Crippen LogP contribution in [0.1, 0.15) is 77.7 Å². The van der Waals surface area contributed by atoms with E-state index in [9.17, 15) is 22.6 Å². The molecule has 0 radical (unpaired) electrons. The number of urea groups is 1. The lowest BCUT2D eigenvalue weighted by Gasteiger charge is -2.38. The Morgan fingerprint density at radius 1 is 1.22 bits per heavy atom. The number of nitrogens with one attached hydrogen (secondary N) is 2. The van der Waals surface area contributed by atoms with Gasteiger partial charge in [-0.25, -0.2) is 9.59 Å². The summed E-state index contributed by atoms with van der Waals surface area (Å²) in [5.41, 5.74) is 3.59. The molecule has 0 aliphatic carbocycles. The summed E-state index contributed by atoms with van der Waals surface area (Å²) in [5.74, 6) is 0.338. The molecule has 2 atom stereocenters. The molecule has 3 rings (SSSR count). The van der Waals surface area contributed by atoms with E-state index in [1.165, 1.54) is 4.90 Å². The van der Waals surface area contributed by atoms with Gasteiger partial charge in [0.05, 0.1) is 18.4 Å². The third kappa shape index (κ3) is 7.76. The van der Waals surface area contributed by atoms with Crippen LogP contribution in [0.4, 0.5) is 9.59 Å². The van der Waals surface area contributed by atoms with Crippen LogP contribution in [0.5, 0.6) is 0 Å². The minimum atomic E-state index is -4.96. The van der Waals surface area contributed by atoms with Crippen molar-refractivity contribution < 1.29 is 36.1 Å². The quantitative estimate of drug-likeness (QED) is 0.0881. The molecule has 2 bridgehead atoms. The maximum Gasteiger partial charge on any atom is 0.418 e. The fourth-order valence-corrected chi connectivity index (χ4v) is 5.28. The average molecular weight is 618 g/mol. The lowest BCUT2D eigenvalue weighted by atomic mass is 9.97. The first-order valence-electron chi connectivity index (χ1n) is 13.5. The van der Waals surface area contributed by atoms with Gasteiger partial charge in [-0.2, -0.15) is 18.6 Å². The number of alkyl carbamates (subject to hydrolysis) is 1. The number of hydroxylamine groups is 3. The molecule has 1 fully saturated rings. The summed E-state index contributed by atoms with van der Waals surface area (Å²) in [7, 11) is -5.68. The normalized spacial score (nSPS) is 19.9. The van der Waals surface area contributed by atoms with Gasteiger partial charge in [-0.3, -0.25) is 19.7 Å². The van der Waals surface area contributed by atoms with Gasteiger partial charge in [0.15, 0.2) is 0 Å². The summed E-state index contributed by atoms with van der Waals surface area (Å²) < 4.78 is 50.3. The van der Waals surface area contributed by atoms with Crippen molar-refractivity contribution in [3.63, 3.8) is 0 Å². The predicted molar refractivity (Wildman–Crippen MR) is 153 cm³/mol. The van der Waals surface area contributed by atoms with Crippen molar-refractivity contribution in [3.8, 4) is 0 Å². The van der Waals surface area contributed by atoms with Crippen molar-refractivity contribution in [1.29, 1.82) is 0 Å². The zero-order chi connectivity index (χ0) is 31.0. The van der Waals surface area contributed by atoms with Crippen LogP contribution >= 0.6 is 0 Å². The Morgan fingerprint density at radius 3 is 2.44 bits per heavy atom. The highest BCUT2D eigenvalue weighted by molar-refractivity contribution is 7.80. The number of amides is 3. The molecule has 0 saturated carbocycles. The molecular weight excluding hydrogens is 574 g/mol. The minimum absolute atomic E-state index is 0.0817. The maximum absolute atomic E-state index is 13.4. The lowest BCUT2D eigenvalue weighted by molar-refractivity contribution is -0.0316.